The van der Waals surface area contributed by atoms with Gasteiger partial charge in [0.1, 0.15) is 0 Å². The Hall–Kier alpha value is -1.31. The number of carbonyl (C=O) groups excluding carboxylic acids is 1. The molecule has 9 heteroatoms. The van der Waals surface area contributed by atoms with Crippen LogP contribution in [-0.2, 0) is 14.8 Å². The van der Waals surface area contributed by atoms with Gasteiger partial charge in [0.2, 0.25) is 15.9 Å². The second kappa shape index (κ2) is 7.72. The van der Waals surface area contributed by atoms with Crippen molar-refractivity contribution in [2.45, 2.75) is 17.9 Å². The molecule has 24 heavy (non-hydrogen) atoms. The summed E-state index contributed by atoms with van der Waals surface area (Å²) in [6, 6.07) is 9.13. The Labute approximate surface area is 155 Å². The van der Waals surface area contributed by atoms with E-state index in [-0.39, 0.29) is 4.90 Å². The molecule has 0 saturated heterocycles. The third kappa shape index (κ3) is 5.09. The summed E-state index contributed by atoms with van der Waals surface area (Å²) < 4.78 is 26.8. The molecule has 0 bridgehead atoms. The molecule has 0 fully saturated rings. The number of nitrogens with one attached hydrogen (secondary N) is 2. The van der Waals surface area contributed by atoms with E-state index in [0.717, 1.165) is 0 Å². The highest BCUT2D eigenvalue weighted by Gasteiger charge is 2.22. The molecule has 1 atom stereocenters. The van der Waals surface area contributed by atoms with Gasteiger partial charge in [-0.2, -0.15) is 4.72 Å². The highest BCUT2D eigenvalue weighted by molar-refractivity contribution is 7.89. The molecule has 0 aliphatic heterocycles. The van der Waals surface area contributed by atoms with Crippen LogP contribution < -0.4 is 10.0 Å². The number of anilines is 1. The number of hydrogen-bond acceptors (Lipinski definition) is 3. The molecule has 2 aromatic rings. The molecule has 0 aromatic heterocycles. The Morgan fingerprint density at radius 1 is 0.958 bits per heavy atom. The Bertz CT molecular complexity index is 835. The summed E-state index contributed by atoms with van der Waals surface area (Å²) in [7, 11) is -3.85. The molecule has 0 aliphatic carbocycles. The zero-order valence-corrected chi connectivity index (χ0v) is 15.5. The number of rotatable bonds is 5. The second-order valence-corrected chi connectivity index (χ2v) is 7.97. The van der Waals surface area contributed by atoms with Crippen molar-refractivity contribution in [3.05, 3.63) is 57.5 Å². The van der Waals surface area contributed by atoms with Gasteiger partial charge in [-0.25, -0.2) is 8.42 Å². The van der Waals surface area contributed by atoms with Gasteiger partial charge in [-0.15, -0.1) is 0 Å². The van der Waals surface area contributed by atoms with Gasteiger partial charge in [0.25, 0.3) is 0 Å². The zero-order chi connectivity index (χ0) is 17.9. The molecule has 2 aromatic carbocycles. The monoisotopic (exact) mass is 406 g/mol. The van der Waals surface area contributed by atoms with Gasteiger partial charge in [-0.1, -0.05) is 34.8 Å². The van der Waals surface area contributed by atoms with E-state index in [2.05, 4.69) is 10.0 Å². The molecule has 0 radical (unpaired) electrons. The van der Waals surface area contributed by atoms with Crippen molar-refractivity contribution in [3.8, 4) is 0 Å². The van der Waals surface area contributed by atoms with Gasteiger partial charge >= 0.3 is 0 Å². The highest BCUT2D eigenvalue weighted by atomic mass is 35.5. The van der Waals surface area contributed by atoms with Gasteiger partial charge < -0.3 is 5.32 Å². The number of hydrogen-bond donors (Lipinski definition) is 2. The zero-order valence-electron chi connectivity index (χ0n) is 12.4. The SMILES string of the molecule is C[C@@H](NS(=O)(=O)c1ccc(Cl)cc1)C(=O)Nc1cc(Cl)cc(Cl)c1. The summed E-state index contributed by atoms with van der Waals surface area (Å²) in [6.07, 6.45) is 0. The van der Waals surface area contributed by atoms with Crippen LogP contribution in [-0.4, -0.2) is 20.4 Å². The predicted octanol–water partition coefficient (Wildman–Crippen LogP) is 3.95. The topological polar surface area (TPSA) is 75.3 Å². The minimum atomic E-state index is -3.85. The molecule has 0 saturated carbocycles. The minimum absolute atomic E-state index is 0.0114. The Morgan fingerprint density at radius 3 is 2.04 bits per heavy atom. The van der Waals surface area contributed by atoms with Crippen LogP contribution in [0.2, 0.25) is 15.1 Å². The first-order chi connectivity index (χ1) is 11.2. The summed E-state index contributed by atoms with van der Waals surface area (Å²) >= 11 is 17.4. The third-order valence-electron chi connectivity index (χ3n) is 2.98. The van der Waals surface area contributed by atoms with Gasteiger partial charge in [0.15, 0.2) is 0 Å². The largest absolute Gasteiger partial charge is 0.325 e. The maximum Gasteiger partial charge on any atom is 0.242 e. The van der Waals surface area contributed by atoms with Crippen molar-refractivity contribution in [1.29, 1.82) is 0 Å². The maximum absolute atomic E-state index is 12.2. The van der Waals surface area contributed by atoms with Crippen LogP contribution in [0.25, 0.3) is 0 Å². The van der Waals surface area contributed by atoms with Crippen LogP contribution in [0.1, 0.15) is 6.92 Å². The molecule has 0 aliphatic rings. The van der Waals surface area contributed by atoms with E-state index in [1.807, 2.05) is 0 Å². The van der Waals surface area contributed by atoms with E-state index >= 15 is 0 Å². The molecule has 5 nitrogen and oxygen atoms in total. The fourth-order valence-electron chi connectivity index (χ4n) is 1.84. The average Bonchev–Trinajstić information content (AvgIpc) is 2.46. The molecule has 0 spiro atoms. The normalized spacial score (nSPS) is 12.7. The molecular formula is C15H13Cl3N2O3S. The fraction of sp³-hybridized carbons (Fsp3) is 0.133. The van der Waals surface area contributed by atoms with Crippen LogP contribution in [0.5, 0.6) is 0 Å². The number of sulfonamides is 1. The Balaban J connectivity index is 2.09. The van der Waals surface area contributed by atoms with Crippen molar-refractivity contribution in [2.24, 2.45) is 0 Å². The molecule has 0 heterocycles. The molecule has 128 valence electrons. The summed E-state index contributed by atoms with van der Waals surface area (Å²) in [6.45, 7) is 1.43. The van der Waals surface area contributed by atoms with Crippen molar-refractivity contribution in [3.63, 3.8) is 0 Å². The number of halogens is 3. The van der Waals surface area contributed by atoms with Crippen molar-refractivity contribution in [1.82, 2.24) is 4.72 Å². The smallest absolute Gasteiger partial charge is 0.242 e. The van der Waals surface area contributed by atoms with Crippen molar-refractivity contribution < 1.29 is 13.2 Å². The van der Waals surface area contributed by atoms with E-state index in [0.29, 0.717) is 20.8 Å². The highest BCUT2D eigenvalue weighted by Crippen LogP contribution is 2.22. The van der Waals surface area contributed by atoms with E-state index in [1.54, 1.807) is 0 Å². The van der Waals surface area contributed by atoms with Crippen molar-refractivity contribution in [2.75, 3.05) is 5.32 Å². The van der Waals surface area contributed by atoms with Crippen LogP contribution in [0.15, 0.2) is 47.4 Å². The van der Waals surface area contributed by atoms with Crippen LogP contribution >= 0.6 is 34.8 Å². The summed E-state index contributed by atoms with van der Waals surface area (Å²) in [5.41, 5.74) is 0.370. The van der Waals surface area contributed by atoms with Crippen LogP contribution in [0, 0.1) is 0 Å². The molecule has 1 amide bonds. The van der Waals surface area contributed by atoms with Gasteiger partial charge in [-0.05, 0) is 49.4 Å². The number of benzene rings is 2. The Kier molecular flexibility index (Phi) is 6.11. The lowest BCUT2D eigenvalue weighted by Gasteiger charge is -2.15. The predicted molar refractivity (Wildman–Crippen MR) is 96.3 cm³/mol. The summed E-state index contributed by atoms with van der Waals surface area (Å²) in [5.74, 6) is -0.550. The van der Waals surface area contributed by atoms with Crippen LogP contribution in [0.3, 0.4) is 0 Å². The Morgan fingerprint density at radius 2 is 1.50 bits per heavy atom. The maximum atomic E-state index is 12.2. The van der Waals surface area contributed by atoms with Gasteiger partial charge in [-0.3, -0.25) is 4.79 Å². The van der Waals surface area contributed by atoms with E-state index in [1.165, 1.54) is 49.4 Å². The number of amides is 1. The number of carbonyl (C=O) groups is 1. The van der Waals surface area contributed by atoms with Gasteiger partial charge in [0, 0.05) is 20.8 Å². The summed E-state index contributed by atoms with van der Waals surface area (Å²) in [4.78, 5) is 12.2. The minimum Gasteiger partial charge on any atom is -0.325 e. The quantitative estimate of drug-likeness (QED) is 0.788. The van der Waals surface area contributed by atoms with Gasteiger partial charge in [0.05, 0.1) is 10.9 Å². The van der Waals surface area contributed by atoms with E-state index in [9.17, 15) is 13.2 Å². The third-order valence-corrected chi connectivity index (χ3v) is 5.22. The average molecular weight is 408 g/mol. The molecule has 2 rings (SSSR count). The van der Waals surface area contributed by atoms with E-state index < -0.39 is 22.0 Å². The van der Waals surface area contributed by atoms with Crippen molar-refractivity contribution >= 4 is 56.4 Å². The first-order valence-corrected chi connectivity index (χ1v) is 9.34. The summed E-state index contributed by atoms with van der Waals surface area (Å²) in [5, 5.41) is 3.67. The first-order valence-electron chi connectivity index (χ1n) is 6.72. The van der Waals surface area contributed by atoms with E-state index in [4.69, 9.17) is 34.8 Å². The lowest BCUT2D eigenvalue weighted by Crippen LogP contribution is -2.41. The second-order valence-electron chi connectivity index (χ2n) is 4.94. The lowest BCUT2D eigenvalue weighted by molar-refractivity contribution is -0.117. The first kappa shape index (κ1) is 19.0. The lowest BCUT2D eigenvalue weighted by atomic mass is 10.3. The molecule has 2 N–H and O–H groups in total. The van der Waals surface area contributed by atoms with Crippen LogP contribution in [0.4, 0.5) is 5.69 Å². The molecular weight excluding hydrogens is 395 g/mol. The fourth-order valence-corrected chi connectivity index (χ4v) is 3.70. The standard InChI is InChI=1S/C15H13Cl3N2O3S/c1-9(15(21)19-13-7-11(17)6-12(18)8-13)20-24(22,23)14-4-2-10(16)3-5-14/h2-9,20H,1H3,(H,19,21)/t9-/m1/s1. The molecule has 0 unspecified atom stereocenters.